The van der Waals surface area contributed by atoms with E-state index in [9.17, 15) is 10.1 Å². The monoisotopic (exact) mass is 286 g/mol. The summed E-state index contributed by atoms with van der Waals surface area (Å²) in [6.45, 7) is 3.87. The van der Waals surface area contributed by atoms with Gasteiger partial charge < -0.3 is 10.6 Å². The number of rotatable bonds is 2. The zero-order valence-corrected chi connectivity index (χ0v) is 11.9. The molecule has 0 amide bonds. The van der Waals surface area contributed by atoms with Gasteiger partial charge in [0.05, 0.1) is 4.92 Å². The fraction of sp³-hybridized carbons (Fsp3) is 0.400. The van der Waals surface area contributed by atoms with Crippen molar-refractivity contribution in [3.8, 4) is 0 Å². The maximum atomic E-state index is 11.1. The van der Waals surface area contributed by atoms with Gasteiger partial charge in [-0.25, -0.2) is 4.98 Å². The molecule has 1 aliphatic rings. The van der Waals surface area contributed by atoms with E-state index in [4.69, 9.17) is 5.73 Å². The molecule has 2 atom stereocenters. The van der Waals surface area contributed by atoms with Crippen LogP contribution in [0.1, 0.15) is 13.3 Å². The molecule has 1 aliphatic heterocycles. The Morgan fingerprint density at radius 3 is 2.95 bits per heavy atom. The number of piperidine rings is 1. The van der Waals surface area contributed by atoms with Crippen molar-refractivity contribution in [2.24, 2.45) is 11.7 Å². The highest BCUT2D eigenvalue weighted by Crippen LogP contribution is 2.33. The molecule has 1 fully saturated rings. The first-order valence-electron chi connectivity index (χ1n) is 7.10. The molecule has 3 rings (SSSR count). The standard InChI is InChI=1S/C15H18N4O2/c1-10-9-18(8-6-12(10)16)13-4-5-14(19(20)21)15-11(13)3-2-7-17-15/h2-5,7,10,12H,6,8-9,16H2,1H3. The van der Waals surface area contributed by atoms with Crippen LogP contribution in [0.3, 0.4) is 0 Å². The van der Waals surface area contributed by atoms with E-state index in [1.54, 1.807) is 12.3 Å². The molecular weight excluding hydrogens is 268 g/mol. The largest absolute Gasteiger partial charge is 0.371 e. The molecule has 2 unspecified atom stereocenters. The maximum absolute atomic E-state index is 11.1. The predicted molar refractivity (Wildman–Crippen MR) is 82.4 cm³/mol. The van der Waals surface area contributed by atoms with Gasteiger partial charge in [0.2, 0.25) is 0 Å². The van der Waals surface area contributed by atoms with Gasteiger partial charge in [-0.2, -0.15) is 0 Å². The van der Waals surface area contributed by atoms with Gasteiger partial charge in [0, 0.05) is 42.5 Å². The number of anilines is 1. The third-order valence-corrected chi connectivity index (χ3v) is 4.23. The summed E-state index contributed by atoms with van der Waals surface area (Å²) in [7, 11) is 0. The maximum Gasteiger partial charge on any atom is 0.295 e. The lowest BCUT2D eigenvalue weighted by Crippen LogP contribution is -2.46. The van der Waals surface area contributed by atoms with Gasteiger partial charge in [-0.1, -0.05) is 6.92 Å². The van der Waals surface area contributed by atoms with E-state index >= 15 is 0 Å². The van der Waals surface area contributed by atoms with Gasteiger partial charge in [-0.05, 0) is 30.5 Å². The fourth-order valence-electron chi connectivity index (χ4n) is 2.95. The number of nitrogens with two attached hydrogens (primary N) is 1. The molecule has 1 aromatic carbocycles. The molecule has 2 N–H and O–H groups in total. The van der Waals surface area contributed by atoms with Crippen LogP contribution in [0.5, 0.6) is 0 Å². The SMILES string of the molecule is CC1CN(c2ccc([N+](=O)[O-])c3ncccc23)CCC1N. The third kappa shape index (κ3) is 2.42. The minimum atomic E-state index is -0.381. The first-order valence-corrected chi connectivity index (χ1v) is 7.10. The number of non-ortho nitro benzene ring substituents is 1. The minimum absolute atomic E-state index is 0.0520. The summed E-state index contributed by atoms with van der Waals surface area (Å²) in [6, 6.07) is 7.30. The number of nitro groups is 1. The van der Waals surface area contributed by atoms with Crippen LogP contribution in [0.2, 0.25) is 0 Å². The summed E-state index contributed by atoms with van der Waals surface area (Å²) in [5.74, 6) is 0.403. The molecule has 2 heterocycles. The number of hydrogen-bond donors (Lipinski definition) is 1. The summed E-state index contributed by atoms with van der Waals surface area (Å²) in [4.78, 5) is 17.2. The Hall–Kier alpha value is -2.21. The second-order valence-electron chi connectivity index (χ2n) is 5.64. The van der Waals surface area contributed by atoms with E-state index < -0.39 is 0 Å². The van der Waals surface area contributed by atoms with Gasteiger partial charge >= 0.3 is 0 Å². The average molecular weight is 286 g/mol. The molecule has 0 aliphatic carbocycles. The topological polar surface area (TPSA) is 85.3 Å². The Morgan fingerprint density at radius 2 is 2.24 bits per heavy atom. The van der Waals surface area contributed by atoms with Gasteiger partial charge in [-0.3, -0.25) is 10.1 Å². The molecule has 110 valence electrons. The molecule has 2 aromatic rings. The number of nitro benzene ring substituents is 1. The van der Waals surface area contributed by atoms with E-state index in [2.05, 4.69) is 16.8 Å². The van der Waals surface area contributed by atoms with Crippen molar-refractivity contribution in [3.63, 3.8) is 0 Å². The summed E-state index contributed by atoms with van der Waals surface area (Å²) in [5, 5.41) is 12.0. The van der Waals surface area contributed by atoms with Crippen molar-refractivity contribution in [2.45, 2.75) is 19.4 Å². The van der Waals surface area contributed by atoms with E-state index in [1.807, 2.05) is 18.2 Å². The molecule has 6 nitrogen and oxygen atoms in total. The lowest BCUT2D eigenvalue weighted by atomic mass is 9.94. The third-order valence-electron chi connectivity index (χ3n) is 4.23. The molecule has 6 heteroatoms. The molecule has 0 radical (unpaired) electrons. The lowest BCUT2D eigenvalue weighted by Gasteiger charge is -2.37. The van der Waals surface area contributed by atoms with Crippen LogP contribution in [0.25, 0.3) is 10.9 Å². The first kappa shape index (κ1) is 13.8. The van der Waals surface area contributed by atoms with Crippen LogP contribution in [-0.4, -0.2) is 29.0 Å². The van der Waals surface area contributed by atoms with Crippen molar-refractivity contribution in [1.82, 2.24) is 4.98 Å². The highest BCUT2D eigenvalue weighted by molar-refractivity contribution is 5.97. The number of benzene rings is 1. The van der Waals surface area contributed by atoms with Crippen molar-refractivity contribution in [2.75, 3.05) is 18.0 Å². The Balaban J connectivity index is 2.08. The van der Waals surface area contributed by atoms with E-state index in [-0.39, 0.29) is 16.7 Å². The van der Waals surface area contributed by atoms with Crippen LogP contribution in [0.15, 0.2) is 30.5 Å². The highest BCUT2D eigenvalue weighted by atomic mass is 16.6. The number of hydrogen-bond acceptors (Lipinski definition) is 5. The molecule has 0 bridgehead atoms. The first-order chi connectivity index (χ1) is 10.1. The van der Waals surface area contributed by atoms with Crippen molar-refractivity contribution in [3.05, 3.63) is 40.6 Å². The van der Waals surface area contributed by atoms with Crippen LogP contribution in [0, 0.1) is 16.0 Å². The lowest BCUT2D eigenvalue weighted by molar-refractivity contribution is -0.383. The molecule has 1 saturated heterocycles. The van der Waals surface area contributed by atoms with Crippen LogP contribution in [-0.2, 0) is 0 Å². The Bertz CT molecular complexity index is 688. The van der Waals surface area contributed by atoms with E-state index in [1.165, 1.54) is 0 Å². The molecule has 1 aromatic heterocycles. The van der Waals surface area contributed by atoms with Gasteiger partial charge in [0.25, 0.3) is 5.69 Å². The predicted octanol–water partition coefficient (Wildman–Crippen LogP) is 2.32. The van der Waals surface area contributed by atoms with Crippen LogP contribution < -0.4 is 10.6 Å². The molecule has 21 heavy (non-hydrogen) atoms. The van der Waals surface area contributed by atoms with Crippen molar-refractivity contribution < 1.29 is 4.92 Å². The second kappa shape index (κ2) is 5.29. The van der Waals surface area contributed by atoms with E-state index in [0.717, 1.165) is 30.6 Å². The average Bonchev–Trinajstić information content (AvgIpc) is 2.49. The Labute approximate surface area is 122 Å². The summed E-state index contributed by atoms with van der Waals surface area (Å²) < 4.78 is 0. The van der Waals surface area contributed by atoms with Gasteiger partial charge in [0.15, 0.2) is 0 Å². The molecule has 0 saturated carbocycles. The minimum Gasteiger partial charge on any atom is -0.371 e. The number of fused-ring (bicyclic) bond motifs is 1. The quantitative estimate of drug-likeness (QED) is 0.676. The zero-order valence-electron chi connectivity index (χ0n) is 11.9. The summed E-state index contributed by atoms with van der Waals surface area (Å²) in [5.41, 5.74) is 7.57. The number of aromatic nitrogens is 1. The Kier molecular flexibility index (Phi) is 3.47. The van der Waals surface area contributed by atoms with Crippen LogP contribution >= 0.6 is 0 Å². The molecule has 0 spiro atoms. The molecular formula is C15H18N4O2. The normalized spacial score (nSPS) is 22.5. The number of nitrogens with zero attached hydrogens (tertiary/aromatic N) is 3. The van der Waals surface area contributed by atoms with Crippen molar-refractivity contribution >= 4 is 22.3 Å². The smallest absolute Gasteiger partial charge is 0.295 e. The highest BCUT2D eigenvalue weighted by Gasteiger charge is 2.25. The fourth-order valence-corrected chi connectivity index (χ4v) is 2.95. The van der Waals surface area contributed by atoms with Gasteiger partial charge in [-0.15, -0.1) is 0 Å². The zero-order chi connectivity index (χ0) is 15.0. The summed E-state index contributed by atoms with van der Waals surface area (Å²) >= 11 is 0. The number of pyridine rings is 1. The van der Waals surface area contributed by atoms with Crippen LogP contribution in [0.4, 0.5) is 11.4 Å². The summed E-state index contributed by atoms with van der Waals surface area (Å²) in [6.07, 6.45) is 2.52. The van der Waals surface area contributed by atoms with E-state index in [0.29, 0.717) is 11.4 Å². The second-order valence-corrected chi connectivity index (χ2v) is 5.64. The van der Waals surface area contributed by atoms with Crippen molar-refractivity contribution in [1.29, 1.82) is 0 Å². The Morgan fingerprint density at radius 1 is 1.43 bits per heavy atom. The van der Waals surface area contributed by atoms with Gasteiger partial charge in [0.1, 0.15) is 5.52 Å².